The number of hydrogen-bond donors (Lipinski definition) is 1. The zero-order valence-electron chi connectivity index (χ0n) is 21.9. The Balaban J connectivity index is 1.72. The van der Waals surface area contributed by atoms with Gasteiger partial charge < -0.3 is 10.2 Å². The molecule has 1 aliphatic carbocycles. The van der Waals surface area contributed by atoms with Crippen molar-refractivity contribution in [3.8, 4) is 0 Å². The van der Waals surface area contributed by atoms with E-state index < -0.39 is 16.1 Å². The second-order valence-electron chi connectivity index (χ2n) is 9.89. The van der Waals surface area contributed by atoms with Crippen molar-refractivity contribution in [3.63, 3.8) is 0 Å². The van der Waals surface area contributed by atoms with Crippen LogP contribution in [0.3, 0.4) is 0 Å². The van der Waals surface area contributed by atoms with Crippen LogP contribution in [0, 0.1) is 13.8 Å². The van der Waals surface area contributed by atoms with Gasteiger partial charge in [-0.3, -0.25) is 13.9 Å². The molecule has 0 aromatic heterocycles. The van der Waals surface area contributed by atoms with Crippen LogP contribution in [0.4, 0.5) is 5.69 Å². The molecular formula is C28H39N3O4S. The zero-order valence-corrected chi connectivity index (χ0v) is 22.7. The Kier molecular flexibility index (Phi) is 9.54. The Hall–Kier alpha value is -2.87. The van der Waals surface area contributed by atoms with Gasteiger partial charge in [-0.05, 0) is 63.3 Å². The second-order valence-corrected chi connectivity index (χ2v) is 11.8. The molecular weight excluding hydrogens is 474 g/mol. The van der Waals surface area contributed by atoms with Gasteiger partial charge in [0.05, 0.1) is 11.9 Å². The summed E-state index contributed by atoms with van der Waals surface area (Å²) < 4.78 is 26.2. The topological polar surface area (TPSA) is 86.8 Å². The van der Waals surface area contributed by atoms with E-state index in [-0.39, 0.29) is 30.8 Å². The number of amides is 2. The third-order valence-corrected chi connectivity index (χ3v) is 8.14. The van der Waals surface area contributed by atoms with Crippen LogP contribution in [0.15, 0.2) is 48.5 Å². The molecule has 0 bridgehead atoms. The maximum absolute atomic E-state index is 13.4. The Bertz CT molecular complexity index is 1140. The SMILES string of the molecule is Cc1ccc(N(CCCC(=O)N(Cc2ccccc2C)[C@@H](C)C(=O)NC2CCCC2)S(C)(=O)=O)cc1. The Morgan fingerprint density at radius 2 is 1.67 bits per heavy atom. The molecule has 0 heterocycles. The minimum Gasteiger partial charge on any atom is -0.352 e. The van der Waals surface area contributed by atoms with Crippen molar-refractivity contribution in [2.24, 2.45) is 0 Å². The molecule has 2 amide bonds. The smallest absolute Gasteiger partial charge is 0.242 e. The average Bonchev–Trinajstić information content (AvgIpc) is 3.34. The van der Waals surface area contributed by atoms with Gasteiger partial charge in [-0.25, -0.2) is 8.42 Å². The molecule has 0 radical (unpaired) electrons. The third-order valence-electron chi connectivity index (χ3n) is 6.94. The number of aryl methyl sites for hydroxylation is 2. The number of anilines is 1. The molecule has 1 aliphatic rings. The molecule has 1 N–H and O–H groups in total. The highest BCUT2D eigenvalue weighted by Crippen LogP contribution is 2.21. The van der Waals surface area contributed by atoms with Gasteiger partial charge in [0.15, 0.2) is 0 Å². The molecule has 0 unspecified atom stereocenters. The summed E-state index contributed by atoms with van der Waals surface area (Å²) in [5.74, 6) is -0.300. The lowest BCUT2D eigenvalue weighted by molar-refractivity contribution is -0.141. The number of sulfonamides is 1. The fraction of sp³-hybridized carbons (Fsp3) is 0.500. The van der Waals surface area contributed by atoms with Crippen LogP contribution in [0.5, 0.6) is 0 Å². The van der Waals surface area contributed by atoms with Gasteiger partial charge in [0.2, 0.25) is 21.8 Å². The fourth-order valence-electron chi connectivity index (χ4n) is 4.66. The normalized spacial score (nSPS) is 14.9. The van der Waals surface area contributed by atoms with Crippen LogP contribution in [0.1, 0.15) is 62.1 Å². The summed E-state index contributed by atoms with van der Waals surface area (Å²) in [5.41, 5.74) is 3.67. The molecule has 0 saturated heterocycles. The predicted molar refractivity (Wildman–Crippen MR) is 144 cm³/mol. The molecule has 1 saturated carbocycles. The van der Waals surface area contributed by atoms with Gasteiger partial charge in [-0.1, -0.05) is 54.8 Å². The van der Waals surface area contributed by atoms with Crippen molar-refractivity contribution in [1.29, 1.82) is 0 Å². The number of nitrogens with zero attached hydrogens (tertiary/aromatic N) is 2. The lowest BCUT2D eigenvalue weighted by Gasteiger charge is -2.30. The molecule has 1 fully saturated rings. The largest absolute Gasteiger partial charge is 0.352 e. The molecule has 36 heavy (non-hydrogen) atoms. The number of hydrogen-bond acceptors (Lipinski definition) is 4. The maximum atomic E-state index is 13.4. The first-order valence-electron chi connectivity index (χ1n) is 12.7. The minimum atomic E-state index is -3.50. The summed E-state index contributed by atoms with van der Waals surface area (Å²) in [6, 6.07) is 14.7. The Morgan fingerprint density at radius 3 is 2.28 bits per heavy atom. The van der Waals surface area contributed by atoms with Gasteiger partial charge >= 0.3 is 0 Å². The average molecular weight is 514 g/mol. The van der Waals surface area contributed by atoms with Crippen molar-refractivity contribution in [2.45, 2.75) is 77.9 Å². The maximum Gasteiger partial charge on any atom is 0.242 e. The van der Waals surface area contributed by atoms with Crippen LogP contribution >= 0.6 is 0 Å². The van der Waals surface area contributed by atoms with Crippen LogP contribution < -0.4 is 9.62 Å². The lowest BCUT2D eigenvalue weighted by Crippen LogP contribution is -2.49. The second kappa shape index (κ2) is 12.4. The quantitative estimate of drug-likeness (QED) is 0.485. The van der Waals surface area contributed by atoms with Gasteiger partial charge in [-0.2, -0.15) is 0 Å². The lowest BCUT2D eigenvalue weighted by atomic mass is 10.1. The van der Waals surface area contributed by atoms with E-state index in [1.54, 1.807) is 24.0 Å². The van der Waals surface area contributed by atoms with Crippen molar-refractivity contribution in [2.75, 3.05) is 17.1 Å². The summed E-state index contributed by atoms with van der Waals surface area (Å²) in [4.78, 5) is 28.1. The van der Waals surface area contributed by atoms with Gasteiger partial charge in [0.1, 0.15) is 6.04 Å². The summed E-state index contributed by atoms with van der Waals surface area (Å²) >= 11 is 0. The van der Waals surface area contributed by atoms with Gasteiger partial charge in [0, 0.05) is 25.6 Å². The van der Waals surface area contributed by atoms with Crippen molar-refractivity contribution in [1.82, 2.24) is 10.2 Å². The summed E-state index contributed by atoms with van der Waals surface area (Å²) in [7, 11) is -3.50. The van der Waals surface area contributed by atoms with Crippen LogP contribution in [0.25, 0.3) is 0 Å². The highest BCUT2D eigenvalue weighted by Gasteiger charge is 2.29. The summed E-state index contributed by atoms with van der Waals surface area (Å²) in [5, 5.41) is 3.11. The molecule has 1 atom stereocenters. The Labute approximate surface area is 215 Å². The van der Waals surface area contributed by atoms with E-state index in [1.165, 1.54) is 10.6 Å². The standard InChI is InChI=1S/C28H39N3O4S/c1-21-15-17-26(18-16-21)31(36(4,34)35)19-9-14-27(32)30(20-24-11-6-5-10-22(24)2)23(3)28(33)29-25-12-7-8-13-25/h5-6,10-11,15-18,23,25H,7-9,12-14,19-20H2,1-4H3,(H,29,33)/t23-/m0/s1. The van der Waals surface area contributed by atoms with Gasteiger partial charge in [-0.15, -0.1) is 0 Å². The monoisotopic (exact) mass is 513 g/mol. The summed E-state index contributed by atoms with van der Waals surface area (Å²) in [6.07, 6.45) is 5.85. The first-order chi connectivity index (χ1) is 17.1. The number of nitrogens with one attached hydrogen (secondary N) is 1. The number of benzene rings is 2. The first kappa shape index (κ1) is 27.7. The Morgan fingerprint density at radius 1 is 1.03 bits per heavy atom. The van der Waals surface area contributed by atoms with E-state index in [1.807, 2.05) is 50.2 Å². The molecule has 3 rings (SSSR count). The summed E-state index contributed by atoms with van der Waals surface area (Å²) in [6.45, 7) is 6.23. The van der Waals surface area contributed by atoms with Crippen molar-refractivity contribution < 1.29 is 18.0 Å². The van der Waals surface area contributed by atoms with E-state index in [0.29, 0.717) is 18.7 Å². The fourth-order valence-corrected chi connectivity index (χ4v) is 5.63. The number of carbonyl (C=O) groups excluding carboxylic acids is 2. The number of carbonyl (C=O) groups is 2. The van der Waals surface area contributed by atoms with E-state index in [0.717, 1.165) is 42.4 Å². The molecule has 7 nitrogen and oxygen atoms in total. The first-order valence-corrected chi connectivity index (χ1v) is 14.6. The molecule has 8 heteroatoms. The van der Waals surface area contributed by atoms with Crippen molar-refractivity contribution in [3.05, 3.63) is 65.2 Å². The highest BCUT2D eigenvalue weighted by atomic mass is 32.2. The number of rotatable bonds is 11. The predicted octanol–water partition coefficient (Wildman–Crippen LogP) is 4.33. The molecule has 196 valence electrons. The molecule has 0 aliphatic heterocycles. The third kappa shape index (κ3) is 7.56. The van der Waals surface area contributed by atoms with E-state index in [9.17, 15) is 18.0 Å². The van der Waals surface area contributed by atoms with E-state index in [4.69, 9.17) is 0 Å². The van der Waals surface area contributed by atoms with E-state index in [2.05, 4.69) is 5.32 Å². The van der Waals surface area contributed by atoms with E-state index >= 15 is 0 Å². The van der Waals surface area contributed by atoms with Gasteiger partial charge in [0.25, 0.3) is 0 Å². The highest BCUT2D eigenvalue weighted by molar-refractivity contribution is 7.92. The molecule has 2 aromatic rings. The van der Waals surface area contributed by atoms with Crippen molar-refractivity contribution >= 4 is 27.5 Å². The molecule has 2 aromatic carbocycles. The zero-order chi connectivity index (χ0) is 26.3. The van der Waals surface area contributed by atoms with Crippen LogP contribution in [-0.4, -0.2) is 50.0 Å². The minimum absolute atomic E-state index is 0.138. The van der Waals surface area contributed by atoms with Crippen LogP contribution in [-0.2, 0) is 26.2 Å². The molecule has 0 spiro atoms. The van der Waals surface area contributed by atoms with Crippen LogP contribution in [0.2, 0.25) is 0 Å².